The highest BCUT2D eigenvalue weighted by molar-refractivity contribution is 5.96. The minimum Gasteiger partial charge on any atom is -0.383 e. The lowest BCUT2D eigenvalue weighted by Crippen LogP contribution is -2.31. The van der Waals surface area contributed by atoms with Crippen molar-refractivity contribution in [3.8, 4) is 0 Å². The number of methoxy groups -OCH3 is 1. The van der Waals surface area contributed by atoms with Crippen molar-refractivity contribution in [3.05, 3.63) is 34.9 Å². The zero-order valence-electron chi connectivity index (χ0n) is 10.1. The predicted octanol–water partition coefficient (Wildman–Crippen LogP) is 0.708. The largest absolute Gasteiger partial charge is 0.383 e. The van der Waals surface area contributed by atoms with Gasteiger partial charge < -0.3 is 15.4 Å². The number of fused-ring (bicyclic) bond motifs is 1. The summed E-state index contributed by atoms with van der Waals surface area (Å²) in [4.78, 5) is 12.0. The fourth-order valence-electron chi connectivity index (χ4n) is 2.09. The van der Waals surface area contributed by atoms with Crippen LogP contribution in [0, 0.1) is 0 Å². The minimum absolute atomic E-state index is 0.0115. The lowest BCUT2D eigenvalue weighted by molar-refractivity contribution is 0.0935. The van der Waals surface area contributed by atoms with E-state index in [1.54, 1.807) is 7.11 Å². The highest BCUT2D eigenvalue weighted by atomic mass is 16.5. The average molecular weight is 234 g/mol. The third kappa shape index (κ3) is 2.84. The predicted molar refractivity (Wildman–Crippen MR) is 66.1 cm³/mol. The van der Waals surface area contributed by atoms with Crippen LogP contribution in [0.5, 0.6) is 0 Å². The molecule has 0 spiro atoms. The van der Waals surface area contributed by atoms with Gasteiger partial charge in [-0.1, -0.05) is 12.1 Å². The van der Waals surface area contributed by atoms with Crippen LogP contribution in [-0.4, -0.2) is 32.7 Å². The van der Waals surface area contributed by atoms with Crippen LogP contribution in [0.2, 0.25) is 0 Å². The Hall–Kier alpha value is -1.39. The molecule has 1 aliphatic rings. The summed E-state index contributed by atoms with van der Waals surface area (Å²) >= 11 is 0. The van der Waals surface area contributed by atoms with Crippen molar-refractivity contribution in [2.24, 2.45) is 0 Å². The molecule has 1 heterocycles. The number of rotatable bonds is 4. The van der Waals surface area contributed by atoms with Crippen LogP contribution in [0.25, 0.3) is 0 Å². The molecule has 0 aromatic heterocycles. The van der Waals surface area contributed by atoms with E-state index in [0.29, 0.717) is 13.2 Å². The first-order chi connectivity index (χ1) is 8.33. The lowest BCUT2D eigenvalue weighted by atomic mass is 9.95. The van der Waals surface area contributed by atoms with Crippen molar-refractivity contribution >= 4 is 5.91 Å². The standard InChI is InChI=1S/C13H18N2O2/c1-17-8-7-15-13(16)11-4-2-3-10-5-6-14-9-12(10)11/h2-4,14H,5-9H2,1H3,(H,15,16). The molecule has 92 valence electrons. The van der Waals surface area contributed by atoms with Crippen molar-refractivity contribution in [2.75, 3.05) is 26.8 Å². The average Bonchev–Trinajstić information content (AvgIpc) is 2.38. The molecule has 4 heteroatoms. The molecule has 0 aliphatic carbocycles. The zero-order chi connectivity index (χ0) is 12.1. The summed E-state index contributed by atoms with van der Waals surface area (Å²) in [5.41, 5.74) is 3.20. The summed E-state index contributed by atoms with van der Waals surface area (Å²) in [6, 6.07) is 5.94. The number of hydrogen-bond acceptors (Lipinski definition) is 3. The van der Waals surface area contributed by atoms with Crippen LogP contribution in [0.1, 0.15) is 21.5 Å². The summed E-state index contributed by atoms with van der Waals surface area (Å²) in [5, 5.41) is 6.16. The summed E-state index contributed by atoms with van der Waals surface area (Å²) in [7, 11) is 1.63. The molecule has 2 rings (SSSR count). The van der Waals surface area contributed by atoms with Gasteiger partial charge in [-0.05, 0) is 30.2 Å². The van der Waals surface area contributed by atoms with Crippen LogP contribution in [0.4, 0.5) is 0 Å². The van der Waals surface area contributed by atoms with Gasteiger partial charge >= 0.3 is 0 Å². The van der Waals surface area contributed by atoms with Gasteiger partial charge in [0.1, 0.15) is 0 Å². The SMILES string of the molecule is COCCNC(=O)c1cccc2c1CNCC2. The molecular formula is C13H18N2O2. The summed E-state index contributed by atoms with van der Waals surface area (Å²) < 4.78 is 4.91. The molecule has 1 amide bonds. The number of benzene rings is 1. The van der Waals surface area contributed by atoms with Crippen molar-refractivity contribution in [2.45, 2.75) is 13.0 Å². The normalized spacial score (nSPS) is 14.2. The first kappa shape index (κ1) is 12.1. The topological polar surface area (TPSA) is 50.4 Å². The maximum Gasteiger partial charge on any atom is 0.251 e. The molecule has 2 N–H and O–H groups in total. The third-order valence-corrected chi connectivity index (χ3v) is 2.98. The number of carbonyl (C=O) groups excluding carboxylic acids is 1. The van der Waals surface area contributed by atoms with Gasteiger partial charge in [0.2, 0.25) is 0 Å². The Bertz CT molecular complexity index is 404. The van der Waals surface area contributed by atoms with Crippen molar-refractivity contribution in [3.63, 3.8) is 0 Å². The van der Waals surface area contributed by atoms with Crippen LogP contribution < -0.4 is 10.6 Å². The Morgan fingerprint density at radius 2 is 2.41 bits per heavy atom. The molecule has 0 atom stereocenters. The fourth-order valence-corrected chi connectivity index (χ4v) is 2.09. The third-order valence-electron chi connectivity index (χ3n) is 2.98. The van der Waals surface area contributed by atoms with E-state index in [9.17, 15) is 4.79 Å². The zero-order valence-corrected chi connectivity index (χ0v) is 10.1. The van der Waals surface area contributed by atoms with E-state index < -0.39 is 0 Å². The molecular weight excluding hydrogens is 216 g/mol. The first-order valence-electron chi connectivity index (χ1n) is 5.91. The number of hydrogen-bond donors (Lipinski definition) is 2. The molecule has 1 aliphatic heterocycles. The van der Waals surface area contributed by atoms with E-state index in [2.05, 4.69) is 16.7 Å². The Kier molecular flexibility index (Phi) is 4.12. The highest BCUT2D eigenvalue weighted by Crippen LogP contribution is 2.18. The van der Waals surface area contributed by atoms with Gasteiger partial charge in [0.25, 0.3) is 5.91 Å². The van der Waals surface area contributed by atoms with Gasteiger partial charge in [-0.25, -0.2) is 0 Å². The van der Waals surface area contributed by atoms with Gasteiger partial charge in [0.05, 0.1) is 6.61 Å². The van der Waals surface area contributed by atoms with Gasteiger partial charge in [-0.2, -0.15) is 0 Å². The van der Waals surface area contributed by atoms with Gasteiger partial charge in [-0.15, -0.1) is 0 Å². The van der Waals surface area contributed by atoms with E-state index in [0.717, 1.165) is 30.6 Å². The van der Waals surface area contributed by atoms with Crippen molar-refractivity contribution in [1.29, 1.82) is 0 Å². The number of amides is 1. The molecule has 17 heavy (non-hydrogen) atoms. The maximum absolute atomic E-state index is 12.0. The van der Waals surface area contributed by atoms with E-state index in [1.807, 2.05) is 12.1 Å². The van der Waals surface area contributed by atoms with E-state index in [1.165, 1.54) is 5.56 Å². The Balaban J connectivity index is 2.12. The van der Waals surface area contributed by atoms with Crippen LogP contribution >= 0.6 is 0 Å². The van der Waals surface area contributed by atoms with Crippen LogP contribution in [0.15, 0.2) is 18.2 Å². The second-order valence-electron chi connectivity index (χ2n) is 4.12. The van der Waals surface area contributed by atoms with E-state index in [4.69, 9.17) is 4.74 Å². The Morgan fingerprint density at radius 3 is 3.24 bits per heavy atom. The fraction of sp³-hybridized carbons (Fsp3) is 0.462. The first-order valence-corrected chi connectivity index (χ1v) is 5.91. The molecule has 0 saturated heterocycles. The van der Waals surface area contributed by atoms with Crippen molar-refractivity contribution < 1.29 is 9.53 Å². The van der Waals surface area contributed by atoms with E-state index in [-0.39, 0.29) is 5.91 Å². The maximum atomic E-state index is 12.0. The van der Waals surface area contributed by atoms with E-state index >= 15 is 0 Å². The van der Waals surface area contributed by atoms with Gasteiger partial charge in [0, 0.05) is 25.8 Å². The molecule has 0 radical (unpaired) electrons. The van der Waals surface area contributed by atoms with Crippen molar-refractivity contribution in [1.82, 2.24) is 10.6 Å². The molecule has 0 fully saturated rings. The van der Waals surface area contributed by atoms with Crippen LogP contribution in [-0.2, 0) is 17.7 Å². The molecule has 1 aromatic carbocycles. The second kappa shape index (κ2) is 5.80. The Labute approximate surface area is 101 Å². The summed E-state index contributed by atoms with van der Waals surface area (Å²) in [5.74, 6) is -0.0115. The number of carbonyl (C=O) groups is 1. The van der Waals surface area contributed by atoms with Gasteiger partial charge in [-0.3, -0.25) is 4.79 Å². The molecule has 0 saturated carbocycles. The minimum atomic E-state index is -0.0115. The summed E-state index contributed by atoms with van der Waals surface area (Å²) in [6.07, 6.45) is 0.995. The molecule has 0 bridgehead atoms. The lowest BCUT2D eigenvalue weighted by Gasteiger charge is -2.19. The van der Waals surface area contributed by atoms with Crippen LogP contribution in [0.3, 0.4) is 0 Å². The molecule has 1 aromatic rings. The van der Waals surface area contributed by atoms with Gasteiger partial charge in [0.15, 0.2) is 0 Å². The highest BCUT2D eigenvalue weighted by Gasteiger charge is 2.16. The second-order valence-corrected chi connectivity index (χ2v) is 4.12. The number of nitrogens with one attached hydrogen (secondary N) is 2. The molecule has 0 unspecified atom stereocenters. The summed E-state index contributed by atoms with van der Waals surface area (Å²) in [6.45, 7) is 2.86. The molecule has 4 nitrogen and oxygen atoms in total. The Morgan fingerprint density at radius 1 is 1.53 bits per heavy atom. The smallest absolute Gasteiger partial charge is 0.251 e. The number of ether oxygens (including phenoxy) is 1. The monoisotopic (exact) mass is 234 g/mol. The quantitative estimate of drug-likeness (QED) is 0.754.